The van der Waals surface area contributed by atoms with Crippen molar-refractivity contribution in [1.82, 2.24) is 20.0 Å². The molecule has 1 saturated heterocycles. The Kier molecular flexibility index (Phi) is 7.94. The number of ether oxygens (including phenoxy) is 1. The van der Waals surface area contributed by atoms with Gasteiger partial charge in [-0.3, -0.25) is 4.90 Å². The van der Waals surface area contributed by atoms with E-state index in [4.69, 9.17) is 4.74 Å². The second kappa shape index (κ2) is 9.97. The molecule has 1 unspecified atom stereocenters. The SMILES string of the molecule is COc1ccccc1C(CNC(=O)N1CCCN(CC(F)(F)F)CC1)N(C)C. The van der Waals surface area contributed by atoms with Crippen LogP contribution >= 0.6 is 0 Å². The number of rotatable bonds is 6. The third-order valence-corrected chi connectivity index (χ3v) is 4.85. The largest absolute Gasteiger partial charge is 0.496 e. The lowest BCUT2D eigenvalue weighted by Gasteiger charge is -2.28. The number of methoxy groups -OCH3 is 1. The molecule has 1 heterocycles. The molecule has 0 bridgehead atoms. The van der Waals surface area contributed by atoms with Crippen molar-refractivity contribution >= 4 is 6.03 Å². The maximum atomic E-state index is 12.6. The normalized spacial score (nSPS) is 17.3. The number of amides is 2. The van der Waals surface area contributed by atoms with Gasteiger partial charge in [-0.15, -0.1) is 0 Å². The first kappa shape index (κ1) is 22.3. The molecule has 1 aliphatic rings. The Morgan fingerprint density at radius 3 is 2.57 bits per heavy atom. The van der Waals surface area contributed by atoms with Crippen molar-refractivity contribution < 1.29 is 22.7 Å². The van der Waals surface area contributed by atoms with Gasteiger partial charge in [0.25, 0.3) is 0 Å². The number of hydrogen-bond acceptors (Lipinski definition) is 4. The van der Waals surface area contributed by atoms with E-state index in [2.05, 4.69) is 5.32 Å². The summed E-state index contributed by atoms with van der Waals surface area (Å²) in [7, 11) is 5.45. The highest BCUT2D eigenvalue weighted by Gasteiger charge is 2.32. The summed E-state index contributed by atoms with van der Waals surface area (Å²) in [6.07, 6.45) is -3.70. The summed E-state index contributed by atoms with van der Waals surface area (Å²) in [6.45, 7) is 0.722. The van der Waals surface area contributed by atoms with E-state index in [-0.39, 0.29) is 25.2 Å². The smallest absolute Gasteiger partial charge is 0.401 e. The lowest BCUT2D eigenvalue weighted by atomic mass is 10.0. The van der Waals surface area contributed by atoms with Gasteiger partial charge >= 0.3 is 12.2 Å². The van der Waals surface area contributed by atoms with Gasteiger partial charge in [0.15, 0.2) is 0 Å². The van der Waals surface area contributed by atoms with Crippen LogP contribution in [0.25, 0.3) is 0 Å². The Bertz CT molecular complexity index is 640. The Labute approximate surface area is 164 Å². The number of nitrogens with zero attached hydrogens (tertiary/aromatic N) is 3. The van der Waals surface area contributed by atoms with E-state index < -0.39 is 12.7 Å². The first-order valence-corrected chi connectivity index (χ1v) is 9.32. The molecule has 0 spiro atoms. The van der Waals surface area contributed by atoms with Gasteiger partial charge in [0.05, 0.1) is 19.7 Å². The fourth-order valence-corrected chi connectivity index (χ4v) is 3.39. The summed E-state index contributed by atoms with van der Waals surface area (Å²) >= 11 is 0. The second-order valence-corrected chi connectivity index (χ2v) is 7.14. The maximum Gasteiger partial charge on any atom is 0.401 e. The van der Waals surface area contributed by atoms with E-state index in [9.17, 15) is 18.0 Å². The van der Waals surface area contributed by atoms with Crippen molar-refractivity contribution in [3.63, 3.8) is 0 Å². The molecule has 1 aromatic carbocycles. The van der Waals surface area contributed by atoms with Crippen LogP contribution in [0, 0.1) is 0 Å². The highest BCUT2D eigenvalue weighted by molar-refractivity contribution is 5.74. The van der Waals surface area contributed by atoms with E-state index in [0.717, 1.165) is 11.3 Å². The Hall–Kier alpha value is -2.00. The predicted molar refractivity (Wildman–Crippen MR) is 102 cm³/mol. The van der Waals surface area contributed by atoms with Crippen molar-refractivity contribution in [1.29, 1.82) is 0 Å². The molecule has 1 aliphatic heterocycles. The number of carbonyl (C=O) groups excluding carboxylic acids is 1. The van der Waals surface area contributed by atoms with E-state index in [1.165, 1.54) is 4.90 Å². The Morgan fingerprint density at radius 2 is 1.93 bits per heavy atom. The minimum Gasteiger partial charge on any atom is -0.496 e. The van der Waals surface area contributed by atoms with Crippen LogP contribution in [0.4, 0.5) is 18.0 Å². The molecule has 9 heteroatoms. The van der Waals surface area contributed by atoms with Crippen LogP contribution in [0.5, 0.6) is 5.75 Å². The molecule has 1 N–H and O–H groups in total. The number of likely N-dealkylation sites (N-methyl/N-ethyl adjacent to an activating group) is 1. The highest BCUT2D eigenvalue weighted by atomic mass is 19.4. The van der Waals surface area contributed by atoms with Gasteiger partial charge in [0, 0.05) is 38.3 Å². The number of carbonyl (C=O) groups is 1. The lowest BCUT2D eigenvalue weighted by Crippen LogP contribution is -2.45. The topological polar surface area (TPSA) is 48.1 Å². The minimum atomic E-state index is -4.22. The average Bonchev–Trinajstić information content (AvgIpc) is 2.86. The van der Waals surface area contributed by atoms with Crippen LogP contribution in [-0.4, -0.2) is 87.4 Å². The van der Waals surface area contributed by atoms with Crippen molar-refractivity contribution in [2.24, 2.45) is 0 Å². The lowest BCUT2D eigenvalue weighted by molar-refractivity contribution is -0.145. The fraction of sp³-hybridized carbons (Fsp3) is 0.632. The zero-order chi connectivity index (χ0) is 20.7. The molecule has 0 radical (unpaired) electrons. The fourth-order valence-electron chi connectivity index (χ4n) is 3.39. The van der Waals surface area contributed by atoms with Crippen molar-refractivity contribution in [2.75, 3.05) is 60.5 Å². The van der Waals surface area contributed by atoms with E-state index in [0.29, 0.717) is 26.1 Å². The number of benzene rings is 1. The standard InChI is InChI=1S/C19H29F3N4O2/c1-24(2)16(15-7-4-5-8-17(15)28-3)13-23-18(27)26-10-6-9-25(11-12-26)14-19(20,21)22/h4-5,7-8,16H,6,9-14H2,1-3H3,(H,23,27). The maximum absolute atomic E-state index is 12.6. The van der Waals surface area contributed by atoms with Gasteiger partial charge in [0.2, 0.25) is 0 Å². The summed E-state index contributed by atoms with van der Waals surface area (Å²) in [4.78, 5) is 17.5. The third kappa shape index (κ3) is 6.56. The molecular formula is C19H29F3N4O2. The Balaban J connectivity index is 1.94. The predicted octanol–water partition coefficient (Wildman–Crippen LogP) is 2.58. The molecule has 1 fully saturated rings. The zero-order valence-corrected chi connectivity index (χ0v) is 16.6. The number of para-hydroxylation sites is 1. The summed E-state index contributed by atoms with van der Waals surface area (Å²) in [5, 5.41) is 2.92. The molecule has 6 nitrogen and oxygen atoms in total. The van der Waals surface area contributed by atoms with Crippen LogP contribution in [0.15, 0.2) is 24.3 Å². The molecule has 0 saturated carbocycles. The monoisotopic (exact) mass is 402 g/mol. The molecule has 2 amide bonds. The minimum absolute atomic E-state index is 0.0891. The van der Waals surface area contributed by atoms with E-state index in [1.54, 1.807) is 12.0 Å². The van der Waals surface area contributed by atoms with Crippen molar-refractivity contribution in [2.45, 2.75) is 18.6 Å². The van der Waals surface area contributed by atoms with Crippen molar-refractivity contribution in [3.05, 3.63) is 29.8 Å². The van der Waals surface area contributed by atoms with Crippen LogP contribution in [0.2, 0.25) is 0 Å². The summed E-state index contributed by atoms with van der Waals surface area (Å²) in [6, 6.07) is 7.29. The second-order valence-electron chi connectivity index (χ2n) is 7.14. The van der Waals surface area contributed by atoms with E-state index >= 15 is 0 Å². The summed E-state index contributed by atoms with van der Waals surface area (Å²) in [5.41, 5.74) is 0.961. The van der Waals surface area contributed by atoms with Crippen LogP contribution < -0.4 is 10.1 Å². The van der Waals surface area contributed by atoms with Gasteiger partial charge < -0.3 is 19.9 Å². The Morgan fingerprint density at radius 1 is 1.21 bits per heavy atom. The number of urea groups is 1. The first-order valence-electron chi connectivity index (χ1n) is 9.32. The molecule has 0 aromatic heterocycles. The van der Waals surface area contributed by atoms with Gasteiger partial charge in [-0.2, -0.15) is 13.2 Å². The van der Waals surface area contributed by atoms with E-state index in [1.807, 2.05) is 43.3 Å². The molecule has 28 heavy (non-hydrogen) atoms. The number of halogens is 3. The number of nitrogens with one attached hydrogen (secondary N) is 1. The average molecular weight is 402 g/mol. The molecule has 2 rings (SSSR count). The molecule has 0 aliphatic carbocycles. The quantitative estimate of drug-likeness (QED) is 0.795. The van der Waals surface area contributed by atoms with Crippen molar-refractivity contribution in [3.8, 4) is 5.75 Å². The molecule has 1 atom stereocenters. The third-order valence-electron chi connectivity index (χ3n) is 4.85. The zero-order valence-electron chi connectivity index (χ0n) is 16.6. The van der Waals surface area contributed by atoms with Crippen LogP contribution in [0.1, 0.15) is 18.0 Å². The van der Waals surface area contributed by atoms with Gasteiger partial charge in [-0.1, -0.05) is 18.2 Å². The van der Waals surface area contributed by atoms with Crippen LogP contribution in [0.3, 0.4) is 0 Å². The highest BCUT2D eigenvalue weighted by Crippen LogP contribution is 2.27. The van der Waals surface area contributed by atoms with Gasteiger partial charge in [-0.25, -0.2) is 4.79 Å². The molecule has 158 valence electrons. The summed E-state index contributed by atoms with van der Waals surface area (Å²) < 4.78 is 43.2. The van der Waals surface area contributed by atoms with Gasteiger partial charge in [-0.05, 0) is 26.6 Å². The van der Waals surface area contributed by atoms with Gasteiger partial charge in [0.1, 0.15) is 5.75 Å². The number of alkyl halides is 3. The molecular weight excluding hydrogens is 373 g/mol. The molecule has 1 aromatic rings. The summed E-state index contributed by atoms with van der Waals surface area (Å²) in [5.74, 6) is 0.744. The van der Waals surface area contributed by atoms with Crippen LogP contribution in [-0.2, 0) is 0 Å². The number of hydrogen-bond donors (Lipinski definition) is 1. The first-order chi connectivity index (χ1) is 13.2.